The van der Waals surface area contributed by atoms with Gasteiger partial charge in [-0.25, -0.2) is 0 Å². The fourth-order valence-corrected chi connectivity index (χ4v) is 2.55. The quantitative estimate of drug-likeness (QED) is 0.883. The van der Waals surface area contributed by atoms with Crippen LogP contribution in [0.5, 0.6) is 0 Å². The van der Waals surface area contributed by atoms with Crippen molar-refractivity contribution in [3.8, 4) is 0 Å². The Bertz CT molecular complexity index is 636. The van der Waals surface area contributed by atoms with Gasteiger partial charge >= 0.3 is 6.18 Å². The second-order valence-electron chi connectivity index (χ2n) is 4.79. The van der Waals surface area contributed by atoms with E-state index in [2.05, 4.69) is 5.32 Å². The highest BCUT2D eigenvalue weighted by atomic mass is 32.1. The second-order valence-corrected chi connectivity index (χ2v) is 5.57. The smallest absolute Gasteiger partial charge is 0.424 e. The Balaban J connectivity index is 2.07. The maximum absolute atomic E-state index is 13.2. The van der Waals surface area contributed by atoms with Crippen molar-refractivity contribution in [2.45, 2.75) is 25.1 Å². The van der Waals surface area contributed by atoms with Crippen LogP contribution >= 0.6 is 11.3 Å². The molecule has 0 radical (unpaired) electrons. The molecular formula is C14H14F3NO3S. The number of carbonyl (C=O) groups is 1. The number of nitrogens with one attached hydrogen (secondary N) is 1. The fraction of sp³-hybridized carbons (Fsp3) is 0.357. The number of thiophene rings is 1. The van der Waals surface area contributed by atoms with E-state index in [4.69, 9.17) is 4.42 Å². The lowest BCUT2D eigenvalue weighted by atomic mass is 9.95. The number of halogens is 3. The van der Waals surface area contributed by atoms with Crippen LogP contribution in [-0.4, -0.2) is 23.7 Å². The average Bonchev–Trinajstić information content (AvgIpc) is 3.07. The molecule has 0 fully saturated rings. The third-order valence-corrected chi connectivity index (χ3v) is 3.86. The lowest BCUT2D eigenvalue weighted by Gasteiger charge is -2.28. The van der Waals surface area contributed by atoms with Crippen LogP contribution in [-0.2, 0) is 5.60 Å². The van der Waals surface area contributed by atoms with Crippen molar-refractivity contribution >= 4 is 17.2 Å². The Morgan fingerprint density at radius 2 is 2.09 bits per heavy atom. The van der Waals surface area contributed by atoms with Crippen LogP contribution in [0.4, 0.5) is 13.2 Å². The molecule has 22 heavy (non-hydrogen) atoms. The topological polar surface area (TPSA) is 62.5 Å². The summed E-state index contributed by atoms with van der Waals surface area (Å²) in [4.78, 5) is 11.7. The van der Waals surface area contributed by atoms with Gasteiger partial charge in [-0.15, -0.1) is 0 Å². The van der Waals surface area contributed by atoms with E-state index in [0.29, 0.717) is 5.56 Å². The number of furan rings is 1. The predicted molar refractivity (Wildman–Crippen MR) is 74.7 cm³/mol. The van der Waals surface area contributed by atoms with Crippen LogP contribution in [0.25, 0.3) is 0 Å². The van der Waals surface area contributed by atoms with Gasteiger partial charge in [-0.1, -0.05) is 0 Å². The van der Waals surface area contributed by atoms with Crippen LogP contribution in [0.3, 0.4) is 0 Å². The van der Waals surface area contributed by atoms with Crippen molar-refractivity contribution in [2.75, 3.05) is 6.54 Å². The summed E-state index contributed by atoms with van der Waals surface area (Å²) in [5.41, 5.74) is -2.77. The van der Waals surface area contributed by atoms with E-state index < -0.39 is 29.9 Å². The number of hydrogen-bond donors (Lipinski definition) is 2. The summed E-state index contributed by atoms with van der Waals surface area (Å²) in [7, 11) is 0. The number of alkyl halides is 3. The third-order valence-electron chi connectivity index (χ3n) is 3.17. The molecule has 2 heterocycles. The van der Waals surface area contributed by atoms with Crippen molar-refractivity contribution in [1.82, 2.24) is 5.32 Å². The third kappa shape index (κ3) is 3.33. The minimum Gasteiger partial charge on any atom is -0.463 e. The van der Waals surface area contributed by atoms with E-state index in [9.17, 15) is 23.1 Å². The highest BCUT2D eigenvalue weighted by molar-refractivity contribution is 7.08. The second kappa shape index (κ2) is 6.13. The molecular weight excluding hydrogens is 319 g/mol. The van der Waals surface area contributed by atoms with Gasteiger partial charge in [-0.05, 0) is 30.5 Å². The van der Waals surface area contributed by atoms with Gasteiger partial charge < -0.3 is 14.8 Å². The molecule has 0 bridgehead atoms. The Hall–Kier alpha value is -1.80. The Morgan fingerprint density at radius 3 is 2.59 bits per heavy atom. The van der Waals surface area contributed by atoms with E-state index in [1.807, 2.05) is 0 Å². The molecule has 0 aliphatic carbocycles. The fourth-order valence-electron chi connectivity index (χ4n) is 1.91. The molecule has 0 aromatic carbocycles. The molecule has 2 rings (SSSR count). The normalized spacial score (nSPS) is 14.6. The zero-order chi connectivity index (χ0) is 16.4. The molecule has 0 saturated heterocycles. The highest BCUT2D eigenvalue weighted by Gasteiger charge is 2.56. The number of carbonyl (C=O) groups excluding carboxylic acids is 1. The number of aryl methyl sites for hydroxylation is 1. The molecule has 8 heteroatoms. The molecule has 0 unspecified atom stereocenters. The summed E-state index contributed by atoms with van der Waals surface area (Å²) in [6.07, 6.45) is -5.65. The number of aliphatic hydroxyl groups is 1. The molecule has 2 aromatic rings. The Morgan fingerprint density at radius 1 is 1.36 bits per heavy atom. The van der Waals surface area contributed by atoms with Gasteiger partial charge in [0.1, 0.15) is 11.5 Å². The van der Waals surface area contributed by atoms with Crippen LogP contribution in [0, 0.1) is 6.92 Å². The van der Waals surface area contributed by atoms with Crippen molar-refractivity contribution in [1.29, 1.82) is 0 Å². The van der Waals surface area contributed by atoms with Gasteiger partial charge in [0.05, 0.1) is 0 Å². The van der Waals surface area contributed by atoms with Gasteiger partial charge in [0.15, 0.2) is 0 Å². The van der Waals surface area contributed by atoms with E-state index >= 15 is 0 Å². The van der Waals surface area contributed by atoms with E-state index in [-0.39, 0.29) is 12.3 Å². The standard InChI is InChI=1S/C14H14F3NO3S/c1-9-2-3-11(21-9)13(20,14(15,16)17)5-6-18-12(19)10-4-7-22-8-10/h2-4,7-8,20H,5-6H2,1H3,(H,18,19)/t13-/m1/s1. The lowest BCUT2D eigenvalue weighted by Crippen LogP contribution is -2.44. The summed E-state index contributed by atoms with van der Waals surface area (Å²) in [5, 5.41) is 15.6. The SMILES string of the molecule is Cc1ccc([C@](O)(CCNC(=O)c2ccsc2)C(F)(F)F)o1. The van der Waals surface area contributed by atoms with Gasteiger partial charge in [0.25, 0.3) is 5.91 Å². The first-order valence-electron chi connectivity index (χ1n) is 6.40. The molecule has 2 N–H and O–H groups in total. The largest absolute Gasteiger partial charge is 0.463 e. The first-order valence-corrected chi connectivity index (χ1v) is 7.35. The van der Waals surface area contributed by atoms with Gasteiger partial charge in [0.2, 0.25) is 5.60 Å². The van der Waals surface area contributed by atoms with Crippen LogP contribution < -0.4 is 5.32 Å². The summed E-state index contributed by atoms with van der Waals surface area (Å²) >= 11 is 1.31. The lowest BCUT2D eigenvalue weighted by molar-refractivity contribution is -0.274. The summed E-state index contributed by atoms with van der Waals surface area (Å²) in [6, 6.07) is 3.99. The average molecular weight is 333 g/mol. The molecule has 4 nitrogen and oxygen atoms in total. The van der Waals surface area contributed by atoms with Gasteiger partial charge in [-0.2, -0.15) is 24.5 Å². The molecule has 0 aliphatic rings. The van der Waals surface area contributed by atoms with Crippen LogP contribution in [0.15, 0.2) is 33.4 Å². The van der Waals surface area contributed by atoms with Gasteiger partial charge in [0, 0.05) is 23.9 Å². The van der Waals surface area contributed by atoms with Crippen molar-refractivity contribution in [2.24, 2.45) is 0 Å². The molecule has 1 atom stereocenters. The first kappa shape index (κ1) is 16.6. The highest BCUT2D eigenvalue weighted by Crippen LogP contribution is 2.42. The minimum atomic E-state index is -4.91. The van der Waals surface area contributed by atoms with E-state index in [1.54, 1.807) is 16.8 Å². The summed E-state index contributed by atoms with van der Waals surface area (Å²) in [6.45, 7) is 1.14. The monoisotopic (exact) mass is 333 g/mol. The number of rotatable bonds is 5. The Kier molecular flexibility index (Phi) is 4.62. The summed E-state index contributed by atoms with van der Waals surface area (Å²) in [5.74, 6) is -0.802. The van der Waals surface area contributed by atoms with E-state index in [0.717, 1.165) is 6.07 Å². The number of amides is 1. The minimum absolute atomic E-state index is 0.264. The molecule has 0 spiro atoms. The number of hydrogen-bond acceptors (Lipinski definition) is 4. The molecule has 0 saturated carbocycles. The van der Waals surface area contributed by atoms with Crippen LogP contribution in [0.1, 0.15) is 28.3 Å². The predicted octanol–water partition coefficient (Wildman–Crippen LogP) is 3.22. The maximum Gasteiger partial charge on any atom is 0.424 e. The first-order chi connectivity index (χ1) is 10.2. The van der Waals surface area contributed by atoms with Crippen LogP contribution in [0.2, 0.25) is 0 Å². The molecule has 2 aromatic heterocycles. The van der Waals surface area contributed by atoms with Gasteiger partial charge in [-0.3, -0.25) is 4.79 Å². The summed E-state index contributed by atoms with van der Waals surface area (Å²) < 4.78 is 44.5. The zero-order valence-corrected chi connectivity index (χ0v) is 12.4. The zero-order valence-electron chi connectivity index (χ0n) is 11.6. The maximum atomic E-state index is 13.2. The molecule has 1 amide bonds. The van der Waals surface area contributed by atoms with Crippen molar-refractivity contribution in [3.05, 3.63) is 46.0 Å². The van der Waals surface area contributed by atoms with E-state index in [1.165, 1.54) is 24.3 Å². The Labute approximate surface area is 128 Å². The molecule has 120 valence electrons. The van der Waals surface area contributed by atoms with Crippen molar-refractivity contribution in [3.63, 3.8) is 0 Å². The van der Waals surface area contributed by atoms with Crippen molar-refractivity contribution < 1.29 is 27.5 Å². The molecule has 0 aliphatic heterocycles.